The van der Waals surface area contributed by atoms with Crippen molar-refractivity contribution in [1.82, 2.24) is 16.2 Å². The Balaban J connectivity index is 1.88. The van der Waals surface area contributed by atoms with Gasteiger partial charge in [-0.05, 0) is 42.3 Å². The number of nitrogens with one attached hydrogen (secondary N) is 3. The summed E-state index contributed by atoms with van der Waals surface area (Å²) < 4.78 is 0. The Morgan fingerprint density at radius 1 is 1.04 bits per heavy atom. The van der Waals surface area contributed by atoms with Crippen molar-refractivity contribution < 1.29 is 0 Å². The van der Waals surface area contributed by atoms with Gasteiger partial charge in [0.15, 0.2) is 0 Å². The number of hydrogen-bond donors (Lipinski definition) is 3. The molecule has 2 aliphatic heterocycles. The molecule has 3 atom stereocenters. The third kappa shape index (κ3) is 2.61. The summed E-state index contributed by atoms with van der Waals surface area (Å²) in [7, 11) is 0. The lowest BCUT2D eigenvalue weighted by atomic mass is 9.97. The van der Waals surface area contributed by atoms with Crippen LogP contribution in [0.4, 0.5) is 5.69 Å². The zero-order chi connectivity index (χ0) is 16.0. The van der Waals surface area contributed by atoms with Crippen LogP contribution in [-0.2, 0) is 0 Å². The minimum atomic E-state index is 0.0111. The molecule has 6 heteroatoms. The first-order chi connectivity index (χ1) is 11.1. The lowest BCUT2D eigenvalue weighted by Crippen LogP contribution is -2.44. The highest BCUT2D eigenvalue weighted by atomic mass is 35.5. The Bertz CT molecular complexity index is 736. The van der Waals surface area contributed by atoms with Gasteiger partial charge in [0.1, 0.15) is 6.17 Å². The van der Waals surface area contributed by atoms with E-state index in [1.807, 2.05) is 30.3 Å². The molecule has 0 spiro atoms. The lowest BCUT2D eigenvalue weighted by molar-refractivity contribution is 0.494. The van der Waals surface area contributed by atoms with E-state index in [1.165, 1.54) is 5.69 Å². The number of hydrogen-bond acceptors (Lipinski definition) is 4. The molecule has 1 fully saturated rings. The number of rotatable bonds is 1. The van der Waals surface area contributed by atoms with Crippen molar-refractivity contribution in [2.24, 2.45) is 0 Å². The van der Waals surface area contributed by atoms with Gasteiger partial charge in [-0.1, -0.05) is 41.4 Å². The normalized spacial score (nSPS) is 26.6. The van der Waals surface area contributed by atoms with E-state index in [4.69, 9.17) is 23.2 Å². The number of fused-ring (bicyclic) bond motifs is 3. The van der Waals surface area contributed by atoms with Crippen LogP contribution >= 0.6 is 23.2 Å². The number of benzene rings is 2. The van der Waals surface area contributed by atoms with Crippen LogP contribution in [0.5, 0.6) is 0 Å². The average molecular weight is 349 g/mol. The summed E-state index contributed by atoms with van der Waals surface area (Å²) in [6.07, 6.45) is 0.379. The van der Waals surface area contributed by atoms with Gasteiger partial charge < -0.3 is 10.2 Å². The Morgan fingerprint density at radius 2 is 1.87 bits per heavy atom. The molecule has 4 nitrogen and oxygen atoms in total. The minimum absolute atomic E-state index is 0.0111. The SMILES string of the molecule is CC1NNC2CNC(c3ccccc3Cl)c3cc(Cl)ccc3N12. The second-order valence-electron chi connectivity index (χ2n) is 5.95. The number of anilines is 1. The standard InChI is InChI=1S/C17H18Cl2N4/c1-10-21-22-16-9-20-17(12-4-2-3-5-14(12)19)13-8-11(18)6-7-15(13)23(10)16/h2-8,10,16-17,20-22H,9H2,1H3. The van der Waals surface area contributed by atoms with Crippen LogP contribution in [0.25, 0.3) is 0 Å². The molecule has 3 N–H and O–H groups in total. The van der Waals surface area contributed by atoms with Gasteiger partial charge in [-0.3, -0.25) is 0 Å². The largest absolute Gasteiger partial charge is 0.337 e. The van der Waals surface area contributed by atoms with Crippen molar-refractivity contribution in [3.8, 4) is 0 Å². The van der Waals surface area contributed by atoms with Crippen LogP contribution in [0.3, 0.4) is 0 Å². The molecule has 1 saturated heterocycles. The van der Waals surface area contributed by atoms with Gasteiger partial charge in [0.05, 0.1) is 12.2 Å². The van der Waals surface area contributed by atoms with Gasteiger partial charge in [0.2, 0.25) is 0 Å². The molecule has 2 aromatic carbocycles. The second kappa shape index (κ2) is 5.96. The molecular formula is C17H18Cl2N4. The first-order valence-corrected chi connectivity index (χ1v) is 8.47. The van der Waals surface area contributed by atoms with Gasteiger partial charge >= 0.3 is 0 Å². The lowest BCUT2D eigenvalue weighted by Gasteiger charge is -2.28. The molecule has 0 aliphatic carbocycles. The van der Waals surface area contributed by atoms with Crippen molar-refractivity contribution in [3.05, 3.63) is 63.6 Å². The van der Waals surface area contributed by atoms with Crippen LogP contribution in [0, 0.1) is 0 Å². The maximum Gasteiger partial charge on any atom is 0.106 e. The summed E-state index contributed by atoms with van der Waals surface area (Å²) in [5.74, 6) is 0. The highest BCUT2D eigenvalue weighted by molar-refractivity contribution is 6.31. The molecule has 23 heavy (non-hydrogen) atoms. The molecule has 4 rings (SSSR count). The minimum Gasteiger partial charge on any atom is -0.337 e. The Hall–Kier alpha value is -1.30. The third-order valence-corrected chi connectivity index (χ3v) is 5.10. The quantitative estimate of drug-likeness (QED) is 0.739. The Labute approximate surface area is 145 Å². The highest BCUT2D eigenvalue weighted by Gasteiger charge is 2.36. The predicted octanol–water partition coefficient (Wildman–Crippen LogP) is 3.27. The maximum atomic E-state index is 6.45. The van der Waals surface area contributed by atoms with Crippen molar-refractivity contribution in [2.75, 3.05) is 11.4 Å². The fourth-order valence-corrected chi connectivity index (χ4v) is 3.89. The van der Waals surface area contributed by atoms with E-state index in [0.29, 0.717) is 0 Å². The van der Waals surface area contributed by atoms with E-state index in [2.05, 4.69) is 40.1 Å². The fourth-order valence-electron chi connectivity index (χ4n) is 3.47. The van der Waals surface area contributed by atoms with Gasteiger partial charge in [-0.25, -0.2) is 10.9 Å². The molecule has 0 bridgehead atoms. The highest BCUT2D eigenvalue weighted by Crippen LogP contribution is 2.39. The maximum absolute atomic E-state index is 6.45. The average Bonchev–Trinajstić information content (AvgIpc) is 2.82. The van der Waals surface area contributed by atoms with E-state index in [1.54, 1.807) is 0 Å². The summed E-state index contributed by atoms with van der Waals surface area (Å²) in [5.41, 5.74) is 10.0. The summed E-state index contributed by atoms with van der Waals surface area (Å²) >= 11 is 12.7. The molecule has 2 aliphatic rings. The van der Waals surface area contributed by atoms with Gasteiger partial charge in [-0.2, -0.15) is 0 Å². The summed E-state index contributed by atoms with van der Waals surface area (Å²) in [6, 6.07) is 14.0. The van der Waals surface area contributed by atoms with Crippen molar-refractivity contribution in [3.63, 3.8) is 0 Å². The van der Waals surface area contributed by atoms with Crippen LogP contribution in [0.15, 0.2) is 42.5 Å². The van der Waals surface area contributed by atoms with Crippen LogP contribution in [-0.4, -0.2) is 18.9 Å². The van der Waals surface area contributed by atoms with E-state index in [-0.39, 0.29) is 18.4 Å². The first-order valence-electron chi connectivity index (χ1n) is 7.72. The molecule has 2 heterocycles. The predicted molar refractivity (Wildman–Crippen MR) is 94.8 cm³/mol. The van der Waals surface area contributed by atoms with Gasteiger partial charge in [-0.15, -0.1) is 0 Å². The second-order valence-corrected chi connectivity index (χ2v) is 6.80. The van der Waals surface area contributed by atoms with Gasteiger partial charge in [0, 0.05) is 22.3 Å². The van der Waals surface area contributed by atoms with Crippen molar-refractivity contribution in [2.45, 2.75) is 25.3 Å². The van der Waals surface area contributed by atoms with E-state index >= 15 is 0 Å². The number of halogens is 2. The fraction of sp³-hybridized carbons (Fsp3) is 0.294. The topological polar surface area (TPSA) is 39.3 Å². The Kier molecular flexibility index (Phi) is 3.95. The zero-order valence-corrected chi connectivity index (χ0v) is 14.2. The molecule has 0 aromatic heterocycles. The van der Waals surface area contributed by atoms with Gasteiger partial charge in [0.25, 0.3) is 0 Å². The van der Waals surface area contributed by atoms with E-state index < -0.39 is 0 Å². The van der Waals surface area contributed by atoms with Crippen LogP contribution in [0.2, 0.25) is 10.0 Å². The summed E-state index contributed by atoms with van der Waals surface area (Å²) in [5, 5.41) is 5.12. The molecule has 2 aromatic rings. The van der Waals surface area contributed by atoms with E-state index in [0.717, 1.165) is 27.7 Å². The molecule has 120 valence electrons. The third-order valence-electron chi connectivity index (χ3n) is 4.52. The number of hydrazine groups is 1. The van der Waals surface area contributed by atoms with Crippen LogP contribution < -0.4 is 21.1 Å². The van der Waals surface area contributed by atoms with Crippen molar-refractivity contribution >= 4 is 28.9 Å². The summed E-state index contributed by atoms with van der Waals surface area (Å²) in [4.78, 5) is 2.34. The van der Waals surface area contributed by atoms with E-state index in [9.17, 15) is 0 Å². The summed E-state index contributed by atoms with van der Waals surface area (Å²) in [6.45, 7) is 2.93. The molecule has 0 amide bonds. The molecule has 0 radical (unpaired) electrons. The Morgan fingerprint density at radius 3 is 2.70 bits per heavy atom. The molecule has 3 unspecified atom stereocenters. The number of nitrogens with zero attached hydrogens (tertiary/aromatic N) is 1. The zero-order valence-electron chi connectivity index (χ0n) is 12.7. The van der Waals surface area contributed by atoms with Crippen molar-refractivity contribution in [1.29, 1.82) is 0 Å². The first kappa shape index (κ1) is 15.2. The monoisotopic (exact) mass is 348 g/mol. The molecular weight excluding hydrogens is 331 g/mol. The molecule has 0 saturated carbocycles. The smallest absolute Gasteiger partial charge is 0.106 e. The van der Waals surface area contributed by atoms with Crippen LogP contribution in [0.1, 0.15) is 24.1 Å².